The average Bonchev–Trinajstić information content (AvgIpc) is 3.43. The van der Waals surface area contributed by atoms with E-state index in [0.717, 1.165) is 39.8 Å². The summed E-state index contributed by atoms with van der Waals surface area (Å²) in [6.07, 6.45) is 3.19. The van der Waals surface area contributed by atoms with E-state index in [4.69, 9.17) is 20.8 Å². The van der Waals surface area contributed by atoms with Gasteiger partial charge in [-0.25, -0.2) is 18.4 Å². The fraction of sp³-hybridized carbons (Fsp3) is 0.250. The lowest BCUT2D eigenvalue weighted by atomic mass is 9.93. The first-order valence-corrected chi connectivity index (χ1v) is 17.2. The SMILES string of the molecule is CS(N)(=O)=O.CSCC[C@H](NC(=O)c1ccc(COCc2ccc(-c3ccc(Cl)cc3)o2)cc1-c1ccccc1C)C(=O)O. The summed E-state index contributed by atoms with van der Waals surface area (Å²) in [5.74, 6) is 0.603. The van der Waals surface area contributed by atoms with Crippen LogP contribution in [-0.4, -0.2) is 49.7 Å². The maximum atomic E-state index is 13.2. The van der Waals surface area contributed by atoms with Crippen LogP contribution in [0.2, 0.25) is 5.02 Å². The first-order valence-electron chi connectivity index (χ1n) is 13.5. The predicted molar refractivity (Wildman–Crippen MR) is 175 cm³/mol. The standard InChI is InChI=1S/C31H30ClNO5S.CH5NO2S/c1-20-5-3-4-6-25(20)27-17-21(7-13-26(27)30(34)33-28(31(35)36)15-16-39-2)18-37-19-24-12-14-29(38-24)22-8-10-23(32)11-9-22;1-5(2,3)4/h3-14,17,28H,15-16,18-19H2,1-2H3,(H,33,34)(H,35,36);1H3,(H2,2,3,4)/t28-;/m0./s1. The fourth-order valence-electron chi connectivity index (χ4n) is 4.20. The third-order valence-corrected chi connectivity index (χ3v) is 7.18. The third-order valence-electron chi connectivity index (χ3n) is 6.28. The third kappa shape index (κ3) is 11.1. The molecule has 0 saturated heterocycles. The van der Waals surface area contributed by atoms with Gasteiger partial charge in [0.05, 0.1) is 12.9 Å². The van der Waals surface area contributed by atoms with Gasteiger partial charge in [0, 0.05) is 16.1 Å². The number of primary sulfonamides is 1. The van der Waals surface area contributed by atoms with Crippen molar-refractivity contribution in [1.82, 2.24) is 5.32 Å². The Kier molecular flexibility index (Phi) is 13.0. The van der Waals surface area contributed by atoms with Crippen LogP contribution in [0.5, 0.6) is 0 Å². The molecule has 0 aliphatic rings. The largest absolute Gasteiger partial charge is 0.480 e. The second kappa shape index (κ2) is 16.5. The number of hydrogen-bond acceptors (Lipinski definition) is 7. The highest BCUT2D eigenvalue weighted by atomic mass is 35.5. The normalized spacial score (nSPS) is 11.8. The molecule has 4 N–H and O–H groups in total. The van der Waals surface area contributed by atoms with Crippen molar-refractivity contribution in [3.8, 4) is 22.5 Å². The van der Waals surface area contributed by atoms with Crippen molar-refractivity contribution in [1.29, 1.82) is 0 Å². The summed E-state index contributed by atoms with van der Waals surface area (Å²) in [4.78, 5) is 25.0. The van der Waals surface area contributed by atoms with E-state index in [1.807, 2.05) is 86.0 Å². The molecular weight excluding hydrogens is 624 g/mol. The van der Waals surface area contributed by atoms with Gasteiger partial charge in [-0.3, -0.25) is 4.79 Å². The Morgan fingerprint density at radius 3 is 2.34 bits per heavy atom. The van der Waals surface area contributed by atoms with Gasteiger partial charge in [-0.15, -0.1) is 0 Å². The number of aryl methyl sites for hydroxylation is 1. The number of rotatable bonds is 12. The summed E-state index contributed by atoms with van der Waals surface area (Å²) in [5, 5.41) is 17.3. The Hall–Kier alpha value is -3.61. The Morgan fingerprint density at radius 2 is 1.70 bits per heavy atom. The second-order valence-corrected chi connectivity index (χ2v) is 13.0. The number of carbonyl (C=O) groups excluding carboxylic acids is 1. The Bertz CT molecular complexity index is 1660. The van der Waals surface area contributed by atoms with Crippen LogP contribution in [-0.2, 0) is 32.8 Å². The van der Waals surface area contributed by atoms with Crippen LogP contribution >= 0.6 is 23.4 Å². The molecule has 1 atom stereocenters. The lowest BCUT2D eigenvalue weighted by molar-refractivity contribution is -0.139. The molecular formula is C32H35ClN2O7S2. The summed E-state index contributed by atoms with van der Waals surface area (Å²) in [7, 11) is -3.17. The maximum Gasteiger partial charge on any atom is 0.326 e. The van der Waals surface area contributed by atoms with Crippen LogP contribution in [0.1, 0.15) is 33.7 Å². The van der Waals surface area contributed by atoms with Gasteiger partial charge in [0.25, 0.3) is 5.91 Å². The molecule has 1 aromatic heterocycles. The van der Waals surface area contributed by atoms with Gasteiger partial charge in [0.15, 0.2) is 0 Å². The van der Waals surface area contributed by atoms with Crippen molar-refractivity contribution in [2.45, 2.75) is 32.6 Å². The number of carboxylic acids is 1. The minimum absolute atomic E-state index is 0.283. The van der Waals surface area contributed by atoms with Crippen molar-refractivity contribution in [2.24, 2.45) is 5.14 Å². The van der Waals surface area contributed by atoms with Gasteiger partial charge in [0.2, 0.25) is 10.0 Å². The molecule has 1 heterocycles. The number of halogens is 1. The first-order chi connectivity index (χ1) is 20.9. The number of sulfonamides is 1. The van der Waals surface area contributed by atoms with E-state index in [-0.39, 0.29) is 6.61 Å². The number of benzene rings is 3. The number of carboxylic acid groups (broad SMARTS) is 1. The number of amides is 1. The summed E-state index contributed by atoms with van der Waals surface area (Å²) in [5.41, 5.74) is 4.87. The van der Waals surface area contributed by atoms with Crippen molar-refractivity contribution < 1.29 is 32.3 Å². The zero-order valence-electron chi connectivity index (χ0n) is 24.6. The lowest BCUT2D eigenvalue weighted by Gasteiger charge is -2.17. The number of ether oxygens (including phenoxy) is 1. The molecule has 0 radical (unpaired) electrons. The minimum Gasteiger partial charge on any atom is -0.480 e. The summed E-state index contributed by atoms with van der Waals surface area (Å²) in [6, 6.07) is 23.5. The molecule has 3 aromatic carbocycles. The van der Waals surface area contributed by atoms with E-state index >= 15 is 0 Å². The second-order valence-electron chi connectivity index (χ2n) is 9.94. The lowest BCUT2D eigenvalue weighted by Crippen LogP contribution is -2.41. The number of nitrogens with two attached hydrogens (primary N) is 1. The van der Waals surface area contributed by atoms with Gasteiger partial charge in [-0.1, -0.05) is 41.9 Å². The molecule has 0 spiro atoms. The van der Waals surface area contributed by atoms with Crippen LogP contribution in [0.3, 0.4) is 0 Å². The van der Waals surface area contributed by atoms with E-state index in [0.29, 0.717) is 35.1 Å². The van der Waals surface area contributed by atoms with Gasteiger partial charge < -0.3 is 19.6 Å². The molecule has 4 aromatic rings. The fourth-order valence-corrected chi connectivity index (χ4v) is 4.80. The molecule has 4 rings (SSSR count). The summed E-state index contributed by atoms with van der Waals surface area (Å²) < 4.78 is 30.7. The van der Waals surface area contributed by atoms with E-state index in [9.17, 15) is 23.1 Å². The van der Waals surface area contributed by atoms with Crippen LogP contribution in [0.4, 0.5) is 0 Å². The highest BCUT2D eigenvalue weighted by Gasteiger charge is 2.22. The zero-order chi connectivity index (χ0) is 32.3. The molecule has 0 bridgehead atoms. The molecule has 0 fully saturated rings. The Morgan fingerprint density at radius 1 is 1.02 bits per heavy atom. The monoisotopic (exact) mass is 658 g/mol. The molecule has 1 amide bonds. The molecule has 0 saturated carbocycles. The minimum atomic E-state index is -3.17. The molecule has 234 valence electrons. The Labute approximate surface area is 266 Å². The number of aliphatic carboxylic acids is 1. The van der Waals surface area contributed by atoms with Gasteiger partial charge in [0.1, 0.15) is 24.2 Å². The zero-order valence-corrected chi connectivity index (χ0v) is 27.0. The smallest absolute Gasteiger partial charge is 0.326 e. The number of hydrogen-bond donors (Lipinski definition) is 3. The number of nitrogens with one attached hydrogen (secondary N) is 1. The number of carbonyl (C=O) groups is 2. The number of furan rings is 1. The topological polar surface area (TPSA) is 149 Å². The quantitative estimate of drug-likeness (QED) is 0.165. The van der Waals surface area contributed by atoms with Crippen LogP contribution in [0, 0.1) is 6.92 Å². The summed E-state index contributed by atoms with van der Waals surface area (Å²) >= 11 is 7.51. The molecule has 44 heavy (non-hydrogen) atoms. The summed E-state index contributed by atoms with van der Waals surface area (Å²) in [6.45, 7) is 2.57. The van der Waals surface area contributed by atoms with Crippen LogP contribution in [0.15, 0.2) is 83.3 Å². The van der Waals surface area contributed by atoms with Crippen molar-refractivity contribution in [2.75, 3.05) is 18.3 Å². The van der Waals surface area contributed by atoms with Crippen molar-refractivity contribution in [3.05, 3.63) is 106 Å². The van der Waals surface area contributed by atoms with Crippen molar-refractivity contribution >= 4 is 45.3 Å². The highest BCUT2D eigenvalue weighted by molar-refractivity contribution is 7.98. The van der Waals surface area contributed by atoms with Gasteiger partial charge in [-0.2, -0.15) is 11.8 Å². The Balaban J connectivity index is 0.000000978. The van der Waals surface area contributed by atoms with Gasteiger partial charge >= 0.3 is 5.97 Å². The van der Waals surface area contributed by atoms with E-state index < -0.39 is 27.9 Å². The van der Waals surface area contributed by atoms with Gasteiger partial charge in [-0.05, 0) is 96.1 Å². The molecule has 0 unspecified atom stereocenters. The average molecular weight is 659 g/mol. The van der Waals surface area contributed by atoms with Crippen LogP contribution < -0.4 is 10.5 Å². The predicted octanol–water partition coefficient (Wildman–Crippen LogP) is 6.13. The first kappa shape index (κ1) is 34.9. The van der Waals surface area contributed by atoms with E-state index in [2.05, 4.69) is 10.5 Å². The molecule has 0 aliphatic heterocycles. The molecule has 0 aliphatic carbocycles. The van der Waals surface area contributed by atoms with E-state index in [1.54, 1.807) is 17.8 Å². The molecule has 9 nitrogen and oxygen atoms in total. The van der Waals surface area contributed by atoms with Crippen molar-refractivity contribution in [3.63, 3.8) is 0 Å². The highest BCUT2D eigenvalue weighted by Crippen LogP contribution is 2.29. The van der Waals surface area contributed by atoms with Crippen LogP contribution in [0.25, 0.3) is 22.5 Å². The number of thioether (sulfide) groups is 1. The maximum absolute atomic E-state index is 13.2. The van der Waals surface area contributed by atoms with E-state index in [1.165, 1.54) is 0 Å². The molecule has 12 heteroatoms.